The molecule has 1 amide bonds. The lowest BCUT2D eigenvalue weighted by Gasteiger charge is -2.19. The van der Waals surface area contributed by atoms with E-state index in [1.54, 1.807) is 24.3 Å². The second-order valence-electron chi connectivity index (χ2n) is 7.42. The van der Waals surface area contributed by atoms with E-state index in [0.29, 0.717) is 31.0 Å². The summed E-state index contributed by atoms with van der Waals surface area (Å²) >= 11 is 1.39. The normalized spacial score (nSPS) is 13.5. The van der Waals surface area contributed by atoms with Crippen molar-refractivity contribution in [3.63, 3.8) is 0 Å². The SMILES string of the molecule is CCn1c(-c2ccc3c(c2)OCCO3)cnc1SC(C)C(=O)Nc1cccc(C(C)=O)c1. The van der Waals surface area contributed by atoms with E-state index in [2.05, 4.69) is 14.9 Å². The van der Waals surface area contributed by atoms with Crippen LogP contribution in [0, 0.1) is 0 Å². The van der Waals surface area contributed by atoms with Crippen molar-refractivity contribution in [1.82, 2.24) is 9.55 Å². The number of Topliss-reactive ketones (excluding diaryl/α,β-unsaturated/α-hetero) is 1. The van der Waals surface area contributed by atoms with Crippen LogP contribution in [0.2, 0.25) is 0 Å². The fourth-order valence-corrected chi connectivity index (χ4v) is 4.41. The molecular weight excluding hydrogens is 426 g/mol. The van der Waals surface area contributed by atoms with Gasteiger partial charge in [-0.25, -0.2) is 4.98 Å². The van der Waals surface area contributed by atoms with E-state index in [1.165, 1.54) is 18.7 Å². The van der Waals surface area contributed by atoms with Gasteiger partial charge in [-0.05, 0) is 51.1 Å². The number of thioether (sulfide) groups is 1. The molecule has 1 N–H and O–H groups in total. The molecule has 2 heterocycles. The number of nitrogens with zero attached hydrogens (tertiary/aromatic N) is 2. The maximum absolute atomic E-state index is 12.8. The Labute approximate surface area is 191 Å². The zero-order chi connectivity index (χ0) is 22.7. The number of ether oxygens (including phenoxy) is 2. The number of rotatable bonds is 7. The minimum absolute atomic E-state index is 0.0415. The molecular formula is C24H25N3O4S. The number of hydrogen-bond donors (Lipinski definition) is 1. The first-order chi connectivity index (χ1) is 15.5. The number of fused-ring (bicyclic) bond motifs is 1. The van der Waals surface area contributed by atoms with E-state index >= 15 is 0 Å². The van der Waals surface area contributed by atoms with Crippen molar-refractivity contribution in [1.29, 1.82) is 0 Å². The first-order valence-electron chi connectivity index (χ1n) is 10.5. The van der Waals surface area contributed by atoms with Crippen molar-refractivity contribution >= 4 is 29.1 Å². The molecule has 0 saturated heterocycles. The summed E-state index contributed by atoms with van der Waals surface area (Å²) in [4.78, 5) is 28.9. The maximum Gasteiger partial charge on any atom is 0.237 e. The zero-order valence-electron chi connectivity index (χ0n) is 18.3. The molecule has 166 valence electrons. The molecule has 3 aromatic rings. The molecule has 0 aliphatic carbocycles. The Kier molecular flexibility index (Phi) is 6.50. The van der Waals surface area contributed by atoms with Crippen LogP contribution in [0.5, 0.6) is 11.5 Å². The Hall–Kier alpha value is -3.26. The van der Waals surface area contributed by atoms with Crippen LogP contribution in [0.4, 0.5) is 5.69 Å². The Bertz CT molecular complexity index is 1160. The summed E-state index contributed by atoms with van der Waals surface area (Å²) in [7, 11) is 0. The van der Waals surface area contributed by atoms with Crippen molar-refractivity contribution in [3.05, 3.63) is 54.2 Å². The van der Waals surface area contributed by atoms with Gasteiger partial charge in [0.25, 0.3) is 0 Å². The van der Waals surface area contributed by atoms with Gasteiger partial charge in [0.1, 0.15) is 13.2 Å². The smallest absolute Gasteiger partial charge is 0.237 e. The first kappa shape index (κ1) is 22.0. The molecule has 1 aromatic heterocycles. The molecule has 0 bridgehead atoms. The monoisotopic (exact) mass is 451 g/mol. The Morgan fingerprint density at radius 2 is 1.94 bits per heavy atom. The van der Waals surface area contributed by atoms with Gasteiger partial charge in [0.15, 0.2) is 22.4 Å². The van der Waals surface area contributed by atoms with Crippen molar-refractivity contribution in [3.8, 4) is 22.8 Å². The predicted molar refractivity (Wildman–Crippen MR) is 125 cm³/mol. The molecule has 4 rings (SSSR count). The van der Waals surface area contributed by atoms with Crippen molar-refractivity contribution in [2.24, 2.45) is 0 Å². The Morgan fingerprint density at radius 1 is 1.16 bits per heavy atom. The highest BCUT2D eigenvalue weighted by atomic mass is 32.2. The number of carbonyl (C=O) groups is 2. The summed E-state index contributed by atoms with van der Waals surface area (Å²) < 4.78 is 13.4. The van der Waals surface area contributed by atoms with Crippen molar-refractivity contribution in [2.75, 3.05) is 18.5 Å². The van der Waals surface area contributed by atoms with E-state index in [0.717, 1.165) is 27.9 Å². The summed E-state index contributed by atoms with van der Waals surface area (Å²) in [6.07, 6.45) is 1.82. The quantitative estimate of drug-likeness (QED) is 0.415. The number of aromatic nitrogens is 2. The first-order valence-corrected chi connectivity index (χ1v) is 11.4. The number of hydrogen-bond acceptors (Lipinski definition) is 6. The molecule has 1 aliphatic rings. The topological polar surface area (TPSA) is 82.4 Å². The molecule has 8 heteroatoms. The number of imidazole rings is 1. The highest BCUT2D eigenvalue weighted by Gasteiger charge is 2.21. The van der Waals surface area contributed by atoms with Gasteiger partial charge in [-0.3, -0.25) is 9.59 Å². The Balaban J connectivity index is 1.50. The summed E-state index contributed by atoms with van der Waals surface area (Å²) in [5, 5.41) is 3.27. The van der Waals surface area contributed by atoms with Gasteiger partial charge in [-0.2, -0.15) is 0 Å². The maximum atomic E-state index is 12.8. The van der Waals surface area contributed by atoms with Crippen LogP contribution in [0.25, 0.3) is 11.3 Å². The fourth-order valence-electron chi connectivity index (χ4n) is 3.46. The third kappa shape index (κ3) is 4.65. The third-order valence-electron chi connectivity index (χ3n) is 5.16. The van der Waals surface area contributed by atoms with Crippen LogP contribution in [-0.4, -0.2) is 39.7 Å². The third-order valence-corrected chi connectivity index (χ3v) is 6.27. The van der Waals surface area contributed by atoms with Gasteiger partial charge in [-0.1, -0.05) is 23.9 Å². The standard InChI is InChI=1S/C24H25N3O4S/c1-4-27-20(18-8-9-21-22(13-18)31-11-10-30-21)14-25-24(27)32-16(3)23(29)26-19-7-5-6-17(12-19)15(2)28/h5-9,12-14,16H,4,10-11H2,1-3H3,(H,26,29). The van der Waals surface area contributed by atoms with Crippen LogP contribution in [0.15, 0.2) is 53.8 Å². The lowest BCUT2D eigenvalue weighted by Crippen LogP contribution is -2.23. The number of nitrogens with one attached hydrogen (secondary N) is 1. The van der Waals surface area contributed by atoms with Crippen LogP contribution in [-0.2, 0) is 11.3 Å². The van der Waals surface area contributed by atoms with E-state index in [4.69, 9.17) is 9.47 Å². The molecule has 1 unspecified atom stereocenters. The zero-order valence-corrected chi connectivity index (χ0v) is 19.1. The number of benzene rings is 2. The molecule has 0 radical (unpaired) electrons. The van der Waals surface area contributed by atoms with Crippen LogP contribution in [0.1, 0.15) is 31.1 Å². The van der Waals surface area contributed by atoms with Gasteiger partial charge >= 0.3 is 0 Å². The lowest BCUT2D eigenvalue weighted by atomic mass is 10.1. The minimum atomic E-state index is -0.378. The van der Waals surface area contributed by atoms with E-state index in [1.807, 2.05) is 38.2 Å². The molecule has 2 aromatic carbocycles. The number of ketones is 1. The molecule has 0 fully saturated rings. The fraction of sp³-hybridized carbons (Fsp3) is 0.292. The highest BCUT2D eigenvalue weighted by molar-refractivity contribution is 8.00. The van der Waals surface area contributed by atoms with Gasteiger partial charge in [0.2, 0.25) is 5.91 Å². The van der Waals surface area contributed by atoms with Crippen LogP contribution < -0.4 is 14.8 Å². The van der Waals surface area contributed by atoms with E-state index in [9.17, 15) is 9.59 Å². The largest absolute Gasteiger partial charge is 0.486 e. The predicted octanol–water partition coefficient (Wildman–Crippen LogP) is 4.66. The van der Waals surface area contributed by atoms with E-state index in [-0.39, 0.29) is 16.9 Å². The average Bonchev–Trinajstić information content (AvgIpc) is 3.21. The minimum Gasteiger partial charge on any atom is -0.486 e. The van der Waals surface area contributed by atoms with Crippen LogP contribution >= 0.6 is 11.8 Å². The van der Waals surface area contributed by atoms with Gasteiger partial charge in [0, 0.05) is 23.4 Å². The van der Waals surface area contributed by atoms with Crippen molar-refractivity contribution in [2.45, 2.75) is 37.7 Å². The summed E-state index contributed by atoms with van der Waals surface area (Å²) in [6.45, 7) is 7.19. The molecule has 32 heavy (non-hydrogen) atoms. The van der Waals surface area contributed by atoms with Gasteiger partial charge in [0.05, 0.1) is 17.1 Å². The molecule has 1 atom stereocenters. The van der Waals surface area contributed by atoms with Gasteiger partial charge in [-0.15, -0.1) is 0 Å². The number of amides is 1. The summed E-state index contributed by atoms with van der Waals surface area (Å²) in [5.74, 6) is 1.28. The molecule has 7 nitrogen and oxygen atoms in total. The van der Waals surface area contributed by atoms with Crippen LogP contribution in [0.3, 0.4) is 0 Å². The number of anilines is 1. The molecule has 1 aliphatic heterocycles. The Morgan fingerprint density at radius 3 is 2.69 bits per heavy atom. The van der Waals surface area contributed by atoms with Crippen molar-refractivity contribution < 1.29 is 19.1 Å². The lowest BCUT2D eigenvalue weighted by molar-refractivity contribution is -0.115. The second-order valence-corrected chi connectivity index (χ2v) is 8.72. The molecule has 0 spiro atoms. The number of carbonyl (C=O) groups excluding carboxylic acids is 2. The van der Waals surface area contributed by atoms with E-state index < -0.39 is 0 Å². The van der Waals surface area contributed by atoms with Gasteiger partial charge < -0.3 is 19.4 Å². The highest BCUT2D eigenvalue weighted by Crippen LogP contribution is 2.36. The second kappa shape index (κ2) is 9.48. The summed E-state index contributed by atoms with van der Waals surface area (Å²) in [6, 6.07) is 12.8. The molecule has 0 saturated carbocycles. The summed E-state index contributed by atoms with van der Waals surface area (Å²) in [5.41, 5.74) is 3.10. The average molecular weight is 452 g/mol.